The molecule has 0 unspecified atom stereocenters. The third-order valence-corrected chi connectivity index (χ3v) is 6.59. The molecule has 1 fully saturated rings. The molecule has 0 N–H and O–H groups in total. The summed E-state index contributed by atoms with van der Waals surface area (Å²) in [5.41, 5.74) is 3.83. The largest absolute Gasteiger partial charge is 0.496 e. The Morgan fingerprint density at radius 1 is 1.03 bits per heavy atom. The lowest BCUT2D eigenvalue weighted by atomic mass is 9.77. The maximum absolute atomic E-state index is 12.4. The van der Waals surface area contributed by atoms with Gasteiger partial charge in [-0.15, -0.1) is 0 Å². The van der Waals surface area contributed by atoms with Gasteiger partial charge in [-0.2, -0.15) is 9.36 Å². The van der Waals surface area contributed by atoms with Crippen LogP contribution in [0.25, 0.3) is 5.69 Å². The summed E-state index contributed by atoms with van der Waals surface area (Å²) in [6.45, 7) is 14.2. The smallest absolute Gasteiger partial charge is 0.473 e. The van der Waals surface area contributed by atoms with E-state index in [0.29, 0.717) is 11.6 Å². The molecule has 3 heterocycles. The summed E-state index contributed by atoms with van der Waals surface area (Å²) in [4.78, 5) is 17.1. The Hall–Kier alpha value is -2.98. The molecule has 174 valence electrons. The topological polar surface area (TPSA) is 93.3 Å². The lowest BCUT2D eigenvalue weighted by Gasteiger charge is -2.32. The van der Waals surface area contributed by atoms with E-state index in [1.807, 2.05) is 72.7 Å². The van der Waals surface area contributed by atoms with Crippen molar-refractivity contribution in [2.45, 2.75) is 66.3 Å². The van der Waals surface area contributed by atoms with Crippen LogP contribution in [0.5, 0.6) is 5.88 Å². The molecule has 0 spiro atoms. The molecule has 0 saturated carbocycles. The third kappa shape index (κ3) is 4.09. The van der Waals surface area contributed by atoms with Crippen LogP contribution in [-0.2, 0) is 23.0 Å². The standard InChI is InChI=1S/C23H30BN5O4/c1-14-10-9-11-19(29-21(30)28(8)26-27-29)17(14)13-31-20-15(2)12-18(16(3)25-20)24-32-22(4,5)23(6,7)33-24/h9-12H,13H2,1-8H3. The fourth-order valence-electron chi connectivity index (χ4n) is 3.74. The van der Waals surface area contributed by atoms with Gasteiger partial charge in [0.25, 0.3) is 0 Å². The minimum absolute atomic E-state index is 0.230. The zero-order valence-corrected chi connectivity index (χ0v) is 20.5. The number of tetrazole rings is 1. The molecule has 2 aromatic heterocycles. The van der Waals surface area contributed by atoms with Gasteiger partial charge in [0.15, 0.2) is 0 Å². The van der Waals surface area contributed by atoms with Crippen LogP contribution in [0.15, 0.2) is 29.1 Å². The van der Waals surface area contributed by atoms with E-state index >= 15 is 0 Å². The van der Waals surface area contributed by atoms with E-state index in [2.05, 4.69) is 10.4 Å². The van der Waals surface area contributed by atoms with Crippen LogP contribution in [-0.4, -0.2) is 43.1 Å². The maximum atomic E-state index is 12.4. The van der Waals surface area contributed by atoms with E-state index in [-0.39, 0.29) is 12.3 Å². The fourth-order valence-corrected chi connectivity index (χ4v) is 3.74. The van der Waals surface area contributed by atoms with E-state index in [1.54, 1.807) is 7.05 Å². The predicted molar refractivity (Wildman–Crippen MR) is 125 cm³/mol. The molecule has 0 radical (unpaired) electrons. The molecule has 9 nitrogen and oxygen atoms in total. The molecule has 1 aromatic carbocycles. The first kappa shape index (κ1) is 23.2. The van der Waals surface area contributed by atoms with Crippen molar-refractivity contribution in [3.8, 4) is 11.6 Å². The molecule has 10 heteroatoms. The highest BCUT2D eigenvalue weighted by Crippen LogP contribution is 2.37. The van der Waals surface area contributed by atoms with Crippen molar-refractivity contribution in [2.24, 2.45) is 7.05 Å². The van der Waals surface area contributed by atoms with E-state index in [0.717, 1.165) is 27.8 Å². The van der Waals surface area contributed by atoms with E-state index in [9.17, 15) is 4.79 Å². The van der Waals surface area contributed by atoms with Gasteiger partial charge in [0.1, 0.15) is 6.61 Å². The Morgan fingerprint density at radius 3 is 2.30 bits per heavy atom. The highest BCUT2D eigenvalue weighted by atomic mass is 16.7. The third-order valence-electron chi connectivity index (χ3n) is 6.59. The molecule has 0 bridgehead atoms. The normalized spacial score (nSPS) is 16.9. The minimum Gasteiger partial charge on any atom is -0.473 e. The molecular formula is C23H30BN5O4. The van der Waals surface area contributed by atoms with Crippen LogP contribution < -0.4 is 15.9 Å². The molecule has 1 aliphatic rings. The van der Waals surface area contributed by atoms with Crippen LogP contribution >= 0.6 is 0 Å². The van der Waals surface area contributed by atoms with E-state index < -0.39 is 18.3 Å². The zero-order valence-electron chi connectivity index (χ0n) is 20.5. The average Bonchev–Trinajstić information content (AvgIpc) is 3.17. The number of pyridine rings is 1. The summed E-state index contributed by atoms with van der Waals surface area (Å²) >= 11 is 0. The Morgan fingerprint density at radius 2 is 1.70 bits per heavy atom. The number of benzene rings is 1. The Balaban J connectivity index is 1.61. The Kier molecular flexibility index (Phi) is 5.70. The molecule has 3 aromatic rings. The number of aromatic nitrogens is 5. The zero-order chi connectivity index (χ0) is 24.1. The molecule has 0 amide bonds. The highest BCUT2D eigenvalue weighted by Gasteiger charge is 2.52. The Bertz CT molecular complexity index is 1250. The SMILES string of the molecule is Cc1cc(B2OC(C)(C)C(C)(C)O2)c(C)nc1OCc1c(C)cccc1-n1nnn(C)c1=O. The van der Waals surface area contributed by atoms with Crippen LogP contribution in [0.1, 0.15) is 50.1 Å². The quantitative estimate of drug-likeness (QED) is 0.549. The minimum atomic E-state index is -0.484. The fraction of sp³-hybridized carbons (Fsp3) is 0.478. The van der Waals surface area contributed by atoms with Gasteiger partial charge in [0, 0.05) is 29.3 Å². The van der Waals surface area contributed by atoms with Crippen molar-refractivity contribution < 1.29 is 14.0 Å². The first-order valence-electron chi connectivity index (χ1n) is 11.0. The summed E-state index contributed by atoms with van der Waals surface area (Å²) < 4.78 is 21.0. The van der Waals surface area contributed by atoms with Crippen molar-refractivity contribution >= 4 is 12.6 Å². The van der Waals surface area contributed by atoms with Gasteiger partial charge in [-0.05, 0) is 70.5 Å². The molecule has 1 saturated heterocycles. The monoisotopic (exact) mass is 451 g/mol. The predicted octanol–water partition coefficient (Wildman–Crippen LogP) is 2.16. The van der Waals surface area contributed by atoms with Crippen LogP contribution in [0, 0.1) is 20.8 Å². The van der Waals surface area contributed by atoms with Crippen molar-refractivity contribution in [2.75, 3.05) is 0 Å². The van der Waals surface area contributed by atoms with Crippen molar-refractivity contribution in [1.29, 1.82) is 0 Å². The van der Waals surface area contributed by atoms with E-state index in [4.69, 9.17) is 19.0 Å². The number of hydrogen-bond acceptors (Lipinski definition) is 7. The number of nitrogens with zero attached hydrogens (tertiary/aromatic N) is 5. The van der Waals surface area contributed by atoms with Crippen molar-refractivity contribution in [3.05, 3.63) is 57.1 Å². The average molecular weight is 451 g/mol. The molecular weight excluding hydrogens is 421 g/mol. The Labute approximate surface area is 193 Å². The summed E-state index contributed by atoms with van der Waals surface area (Å²) in [5.74, 6) is 0.522. The second kappa shape index (κ2) is 8.11. The first-order chi connectivity index (χ1) is 15.4. The second-order valence-corrected chi connectivity index (χ2v) is 9.53. The molecule has 0 atom stereocenters. The summed E-state index contributed by atoms with van der Waals surface area (Å²) in [5, 5.41) is 7.79. The van der Waals surface area contributed by atoms with Crippen molar-refractivity contribution in [3.63, 3.8) is 0 Å². The number of hydrogen-bond donors (Lipinski definition) is 0. The van der Waals surface area contributed by atoms with Gasteiger partial charge in [-0.25, -0.2) is 9.78 Å². The lowest BCUT2D eigenvalue weighted by molar-refractivity contribution is 0.00578. The van der Waals surface area contributed by atoms with Crippen molar-refractivity contribution in [1.82, 2.24) is 24.8 Å². The highest BCUT2D eigenvalue weighted by molar-refractivity contribution is 6.62. The van der Waals surface area contributed by atoms with E-state index in [1.165, 1.54) is 9.36 Å². The van der Waals surface area contributed by atoms with Gasteiger partial charge in [0.2, 0.25) is 5.88 Å². The summed E-state index contributed by atoms with van der Waals surface area (Å²) in [6.07, 6.45) is 0. The van der Waals surface area contributed by atoms with Gasteiger partial charge >= 0.3 is 12.8 Å². The van der Waals surface area contributed by atoms with Gasteiger partial charge in [0.05, 0.1) is 16.9 Å². The lowest BCUT2D eigenvalue weighted by Crippen LogP contribution is -2.41. The molecule has 1 aliphatic heterocycles. The van der Waals surface area contributed by atoms with Crippen LogP contribution in [0.2, 0.25) is 0 Å². The first-order valence-corrected chi connectivity index (χ1v) is 11.0. The van der Waals surface area contributed by atoms with Gasteiger partial charge in [-0.1, -0.05) is 18.2 Å². The van der Waals surface area contributed by atoms with Gasteiger partial charge < -0.3 is 14.0 Å². The summed E-state index contributed by atoms with van der Waals surface area (Å²) in [6, 6.07) is 7.68. The molecule has 33 heavy (non-hydrogen) atoms. The van der Waals surface area contributed by atoms with Crippen LogP contribution in [0.4, 0.5) is 0 Å². The van der Waals surface area contributed by atoms with Gasteiger partial charge in [-0.3, -0.25) is 0 Å². The molecule has 0 aliphatic carbocycles. The second-order valence-electron chi connectivity index (χ2n) is 9.53. The summed E-state index contributed by atoms with van der Waals surface area (Å²) in [7, 11) is 1.08. The molecule has 4 rings (SSSR count). The van der Waals surface area contributed by atoms with Crippen LogP contribution in [0.3, 0.4) is 0 Å². The maximum Gasteiger partial charge on any atom is 0.496 e. The number of rotatable bonds is 5. The number of ether oxygens (including phenoxy) is 1. The number of aryl methyl sites for hydroxylation is 4.